The Kier molecular flexibility index (Phi) is 7.55. The van der Waals surface area contributed by atoms with Crippen LogP contribution in [-0.4, -0.2) is 11.1 Å². The first-order chi connectivity index (χ1) is 13.2. The van der Waals surface area contributed by atoms with Crippen molar-refractivity contribution in [3.05, 3.63) is 47.5 Å². The van der Waals surface area contributed by atoms with Crippen molar-refractivity contribution in [3.63, 3.8) is 0 Å². The van der Waals surface area contributed by atoms with Gasteiger partial charge in [0.15, 0.2) is 0 Å². The predicted molar refractivity (Wildman–Crippen MR) is 112 cm³/mol. The van der Waals surface area contributed by atoms with Crippen molar-refractivity contribution in [2.45, 2.75) is 83.5 Å². The fourth-order valence-electron chi connectivity index (χ4n) is 5.34. The van der Waals surface area contributed by atoms with Gasteiger partial charge in [-0.05, 0) is 92.6 Å². The molecule has 148 valence electrons. The zero-order chi connectivity index (χ0) is 19.1. The summed E-state index contributed by atoms with van der Waals surface area (Å²) in [7, 11) is 0. The van der Waals surface area contributed by atoms with Gasteiger partial charge in [-0.3, -0.25) is 4.79 Å². The third kappa shape index (κ3) is 5.96. The van der Waals surface area contributed by atoms with Crippen LogP contribution in [0.1, 0.15) is 88.2 Å². The van der Waals surface area contributed by atoms with Crippen molar-refractivity contribution >= 4 is 5.97 Å². The number of benzene rings is 1. The summed E-state index contributed by atoms with van der Waals surface area (Å²) in [5, 5.41) is 8.75. The molecule has 1 N–H and O–H groups in total. The number of hydrogen-bond acceptors (Lipinski definition) is 1. The highest BCUT2D eigenvalue weighted by atomic mass is 16.4. The molecule has 3 rings (SSSR count). The lowest BCUT2D eigenvalue weighted by Crippen LogP contribution is -2.25. The Bertz CT molecular complexity index is 600. The molecule has 2 fully saturated rings. The minimum atomic E-state index is -0.725. The molecule has 0 bridgehead atoms. The van der Waals surface area contributed by atoms with Crippen LogP contribution in [0.3, 0.4) is 0 Å². The Morgan fingerprint density at radius 3 is 2.11 bits per heavy atom. The largest absolute Gasteiger partial charge is 0.481 e. The van der Waals surface area contributed by atoms with E-state index in [0.717, 1.165) is 17.8 Å². The van der Waals surface area contributed by atoms with E-state index in [-0.39, 0.29) is 6.42 Å². The topological polar surface area (TPSA) is 37.3 Å². The summed E-state index contributed by atoms with van der Waals surface area (Å²) in [5.74, 6) is 2.48. The van der Waals surface area contributed by atoms with Crippen LogP contribution in [0.25, 0.3) is 0 Å². The molecule has 2 aliphatic rings. The minimum Gasteiger partial charge on any atom is -0.481 e. The van der Waals surface area contributed by atoms with Gasteiger partial charge in [0.25, 0.3) is 0 Å². The van der Waals surface area contributed by atoms with E-state index in [1.165, 1.54) is 69.8 Å². The normalized spacial score (nSPS) is 29.1. The highest BCUT2D eigenvalue weighted by Crippen LogP contribution is 2.44. The van der Waals surface area contributed by atoms with Gasteiger partial charge in [0.2, 0.25) is 0 Å². The van der Waals surface area contributed by atoms with Crippen molar-refractivity contribution in [1.82, 2.24) is 0 Å². The maximum Gasteiger partial charge on any atom is 0.307 e. The SMILES string of the molecule is CCCc1ccc([C@H]2CC[C@H]([C@H]3CC[C@H](C=CCC(=O)O)CC3)CC2)cc1. The molecule has 2 nitrogen and oxygen atoms in total. The zero-order valence-electron chi connectivity index (χ0n) is 16.9. The van der Waals surface area contributed by atoms with Gasteiger partial charge in [0, 0.05) is 0 Å². The molecule has 2 heteroatoms. The molecule has 0 saturated heterocycles. The molecule has 1 aromatic carbocycles. The average Bonchev–Trinajstić information content (AvgIpc) is 2.69. The molecule has 0 radical (unpaired) electrons. The molecule has 0 atom stereocenters. The Hall–Kier alpha value is -1.57. The number of aliphatic carboxylic acids is 1. The fourth-order valence-corrected chi connectivity index (χ4v) is 5.34. The van der Waals surface area contributed by atoms with E-state index in [1.54, 1.807) is 5.56 Å². The Balaban J connectivity index is 1.42. The number of carbonyl (C=O) groups is 1. The maximum absolute atomic E-state index is 10.6. The number of hydrogen-bond donors (Lipinski definition) is 1. The van der Waals surface area contributed by atoms with Crippen LogP contribution in [0.2, 0.25) is 0 Å². The van der Waals surface area contributed by atoms with Crippen molar-refractivity contribution in [1.29, 1.82) is 0 Å². The molecule has 0 amide bonds. The predicted octanol–water partition coefficient (Wildman–Crippen LogP) is 6.75. The standard InChI is InChI=1S/C25H36O2/c1-2-4-19-7-11-21(12-8-19)23-15-17-24(18-16-23)22-13-9-20(10-14-22)5-3-6-25(26)27/h3,5,7-8,11-12,20,22-24H,2,4,6,9-10,13-18H2,1H3,(H,26,27)/t20-,22-,23-,24-. The summed E-state index contributed by atoms with van der Waals surface area (Å²) in [6, 6.07) is 9.43. The molecule has 0 spiro atoms. The van der Waals surface area contributed by atoms with Crippen LogP contribution >= 0.6 is 0 Å². The maximum atomic E-state index is 10.6. The summed E-state index contributed by atoms with van der Waals surface area (Å²) in [4.78, 5) is 10.6. The van der Waals surface area contributed by atoms with E-state index in [2.05, 4.69) is 37.3 Å². The number of rotatable bonds is 7. The molecule has 0 unspecified atom stereocenters. The first kappa shape index (κ1) is 20.2. The molecule has 0 heterocycles. The smallest absolute Gasteiger partial charge is 0.307 e. The Morgan fingerprint density at radius 1 is 0.963 bits per heavy atom. The highest BCUT2D eigenvalue weighted by Gasteiger charge is 2.30. The monoisotopic (exact) mass is 368 g/mol. The molecular formula is C25H36O2. The third-order valence-corrected chi connectivity index (χ3v) is 6.95. The van der Waals surface area contributed by atoms with Crippen LogP contribution in [-0.2, 0) is 11.2 Å². The first-order valence-electron chi connectivity index (χ1n) is 11.1. The van der Waals surface area contributed by atoms with Crippen LogP contribution in [0, 0.1) is 17.8 Å². The second-order valence-electron chi connectivity index (χ2n) is 8.80. The van der Waals surface area contributed by atoms with E-state index < -0.39 is 5.97 Å². The lowest BCUT2D eigenvalue weighted by atomic mass is 9.68. The summed E-state index contributed by atoms with van der Waals surface area (Å²) in [6.45, 7) is 2.25. The highest BCUT2D eigenvalue weighted by molar-refractivity contribution is 5.68. The molecule has 0 aliphatic heterocycles. The minimum absolute atomic E-state index is 0.170. The van der Waals surface area contributed by atoms with E-state index in [4.69, 9.17) is 5.11 Å². The van der Waals surface area contributed by atoms with Gasteiger partial charge in [0.1, 0.15) is 0 Å². The summed E-state index contributed by atoms with van der Waals surface area (Å²) >= 11 is 0. The van der Waals surface area contributed by atoms with Crippen LogP contribution in [0.15, 0.2) is 36.4 Å². The molecule has 2 saturated carbocycles. The molecular weight excluding hydrogens is 332 g/mol. The summed E-state index contributed by atoms with van der Waals surface area (Å²) in [6.07, 6.45) is 17.3. The van der Waals surface area contributed by atoms with Crippen molar-refractivity contribution in [2.75, 3.05) is 0 Å². The van der Waals surface area contributed by atoms with Crippen LogP contribution < -0.4 is 0 Å². The van der Waals surface area contributed by atoms with Gasteiger partial charge in [-0.2, -0.15) is 0 Å². The van der Waals surface area contributed by atoms with E-state index in [0.29, 0.717) is 5.92 Å². The van der Waals surface area contributed by atoms with Crippen molar-refractivity contribution < 1.29 is 9.90 Å². The van der Waals surface area contributed by atoms with Crippen LogP contribution in [0.5, 0.6) is 0 Å². The van der Waals surface area contributed by atoms with Gasteiger partial charge in [0.05, 0.1) is 6.42 Å². The summed E-state index contributed by atoms with van der Waals surface area (Å²) in [5.41, 5.74) is 3.03. The molecule has 0 aromatic heterocycles. The van der Waals surface area contributed by atoms with E-state index >= 15 is 0 Å². The quantitative estimate of drug-likeness (QED) is 0.540. The van der Waals surface area contributed by atoms with Gasteiger partial charge >= 0.3 is 5.97 Å². The average molecular weight is 369 g/mol. The lowest BCUT2D eigenvalue weighted by molar-refractivity contribution is -0.136. The Morgan fingerprint density at radius 2 is 1.56 bits per heavy atom. The lowest BCUT2D eigenvalue weighted by Gasteiger charge is -2.37. The number of carboxylic acid groups (broad SMARTS) is 1. The number of allylic oxidation sites excluding steroid dienone is 1. The third-order valence-electron chi connectivity index (χ3n) is 6.95. The summed E-state index contributed by atoms with van der Waals surface area (Å²) < 4.78 is 0. The van der Waals surface area contributed by atoms with Crippen molar-refractivity contribution in [2.24, 2.45) is 17.8 Å². The van der Waals surface area contributed by atoms with Crippen LogP contribution in [0.4, 0.5) is 0 Å². The van der Waals surface area contributed by atoms with Gasteiger partial charge < -0.3 is 5.11 Å². The van der Waals surface area contributed by atoms with Gasteiger partial charge in [-0.25, -0.2) is 0 Å². The second kappa shape index (κ2) is 10.1. The molecule has 27 heavy (non-hydrogen) atoms. The second-order valence-corrected chi connectivity index (χ2v) is 8.80. The van der Waals surface area contributed by atoms with Crippen molar-refractivity contribution in [3.8, 4) is 0 Å². The van der Waals surface area contributed by atoms with E-state index in [9.17, 15) is 4.79 Å². The number of aryl methyl sites for hydroxylation is 1. The molecule has 2 aliphatic carbocycles. The fraction of sp³-hybridized carbons (Fsp3) is 0.640. The first-order valence-corrected chi connectivity index (χ1v) is 11.1. The number of carboxylic acids is 1. The van der Waals surface area contributed by atoms with E-state index in [1.807, 2.05) is 6.08 Å². The molecule has 1 aromatic rings. The Labute approximate surface area is 165 Å². The van der Waals surface area contributed by atoms with Gasteiger partial charge in [-0.15, -0.1) is 0 Å². The van der Waals surface area contributed by atoms with Gasteiger partial charge in [-0.1, -0.05) is 49.8 Å². The zero-order valence-corrected chi connectivity index (χ0v) is 16.9.